The second-order valence-electron chi connectivity index (χ2n) is 5.86. The molecule has 1 fully saturated rings. The van der Waals surface area contributed by atoms with E-state index >= 15 is 0 Å². The molecule has 2 rings (SSSR count). The highest BCUT2D eigenvalue weighted by atomic mass is 15.3. The van der Waals surface area contributed by atoms with Gasteiger partial charge in [0.2, 0.25) is 0 Å². The Morgan fingerprint density at radius 1 is 1.35 bits per heavy atom. The van der Waals surface area contributed by atoms with Gasteiger partial charge in [-0.2, -0.15) is 0 Å². The Morgan fingerprint density at radius 3 is 2.80 bits per heavy atom. The van der Waals surface area contributed by atoms with E-state index in [4.69, 9.17) is 5.84 Å². The first-order valence-corrected chi connectivity index (χ1v) is 7.77. The summed E-state index contributed by atoms with van der Waals surface area (Å²) in [6, 6.07) is 0.579. The highest BCUT2D eigenvalue weighted by molar-refractivity contribution is 5.60. The van der Waals surface area contributed by atoms with Gasteiger partial charge < -0.3 is 10.3 Å². The SMILES string of the molecule is CCC1CCCCCN1c1ncnc(NN)c1C(C)C. The number of rotatable bonds is 4. The molecule has 20 heavy (non-hydrogen) atoms. The van der Waals surface area contributed by atoms with Gasteiger partial charge in [-0.15, -0.1) is 0 Å². The van der Waals surface area contributed by atoms with Gasteiger partial charge in [0, 0.05) is 18.2 Å². The molecule has 5 heteroatoms. The molecule has 0 aliphatic carbocycles. The lowest BCUT2D eigenvalue weighted by atomic mass is 10.0. The molecular weight excluding hydrogens is 250 g/mol. The number of nitrogen functional groups attached to an aromatic ring is 1. The second kappa shape index (κ2) is 6.88. The average Bonchev–Trinajstić information content (AvgIpc) is 2.71. The molecule has 1 saturated heterocycles. The first-order chi connectivity index (χ1) is 9.69. The second-order valence-corrected chi connectivity index (χ2v) is 5.86. The highest BCUT2D eigenvalue weighted by Gasteiger charge is 2.25. The van der Waals surface area contributed by atoms with Gasteiger partial charge in [-0.05, 0) is 25.2 Å². The maximum Gasteiger partial charge on any atom is 0.148 e. The molecule has 1 unspecified atom stereocenters. The van der Waals surface area contributed by atoms with Crippen LogP contribution in [-0.2, 0) is 0 Å². The van der Waals surface area contributed by atoms with Crippen molar-refractivity contribution in [1.82, 2.24) is 9.97 Å². The zero-order chi connectivity index (χ0) is 14.5. The third-order valence-corrected chi connectivity index (χ3v) is 4.20. The summed E-state index contributed by atoms with van der Waals surface area (Å²) in [5.41, 5.74) is 3.86. The van der Waals surface area contributed by atoms with Gasteiger partial charge in [0.15, 0.2) is 0 Å². The van der Waals surface area contributed by atoms with E-state index in [-0.39, 0.29) is 0 Å². The third kappa shape index (κ3) is 3.03. The van der Waals surface area contributed by atoms with Gasteiger partial charge in [0.25, 0.3) is 0 Å². The fourth-order valence-corrected chi connectivity index (χ4v) is 3.14. The van der Waals surface area contributed by atoms with Crippen LogP contribution >= 0.6 is 0 Å². The monoisotopic (exact) mass is 277 g/mol. The molecule has 5 nitrogen and oxygen atoms in total. The minimum atomic E-state index is 0.345. The highest BCUT2D eigenvalue weighted by Crippen LogP contribution is 2.34. The summed E-state index contributed by atoms with van der Waals surface area (Å²) in [5, 5.41) is 0. The number of nitrogens with two attached hydrogens (primary N) is 1. The van der Waals surface area contributed by atoms with E-state index in [1.807, 2.05) is 0 Å². The van der Waals surface area contributed by atoms with E-state index < -0.39 is 0 Å². The molecule has 2 heterocycles. The Hall–Kier alpha value is -1.36. The summed E-state index contributed by atoms with van der Waals surface area (Å²) >= 11 is 0. The van der Waals surface area contributed by atoms with Gasteiger partial charge in [0.05, 0.1) is 0 Å². The fourth-order valence-electron chi connectivity index (χ4n) is 3.14. The molecule has 0 bridgehead atoms. The van der Waals surface area contributed by atoms with Gasteiger partial charge in [0.1, 0.15) is 18.0 Å². The molecular formula is C15H27N5. The third-order valence-electron chi connectivity index (χ3n) is 4.20. The first kappa shape index (κ1) is 15.0. The average molecular weight is 277 g/mol. The lowest BCUT2D eigenvalue weighted by Crippen LogP contribution is -2.36. The Bertz CT molecular complexity index is 432. The lowest BCUT2D eigenvalue weighted by molar-refractivity contribution is 0.549. The van der Waals surface area contributed by atoms with Crippen LogP contribution in [0.2, 0.25) is 0 Å². The number of hydrogen-bond acceptors (Lipinski definition) is 5. The van der Waals surface area contributed by atoms with Crippen molar-refractivity contribution in [3.8, 4) is 0 Å². The maximum absolute atomic E-state index is 5.63. The number of hydrazine groups is 1. The quantitative estimate of drug-likeness (QED) is 0.654. The van der Waals surface area contributed by atoms with E-state index in [2.05, 4.69) is 41.1 Å². The summed E-state index contributed by atoms with van der Waals surface area (Å²) in [6.45, 7) is 7.68. The van der Waals surface area contributed by atoms with Crippen LogP contribution in [0.5, 0.6) is 0 Å². The molecule has 1 aromatic rings. The lowest BCUT2D eigenvalue weighted by Gasteiger charge is -2.33. The molecule has 0 amide bonds. The zero-order valence-corrected chi connectivity index (χ0v) is 12.9. The first-order valence-electron chi connectivity index (χ1n) is 7.77. The van der Waals surface area contributed by atoms with Crippen LogP contribution in [0.25, 0.3) is 0 Å². The van der Waals surface area contributed by atoms with Crippen LogP contribution in [0.4, 0.5) is 11.6 Å². The maximum atomic E-state index is 5.63. The molecule has 0 radical (unpaired) electrons. The molecule has 1 aliphatic rings. The largest absolute Gasteiger partial charge is 0.353 e. The van der Waals surface area contributed by atoms with Crippen LogP contribution in [0.15, 0.2) is 6.33 Å². The van der Waals surface area contributed by atoms with E-state index in [1.165, 1.54) is 25.7 Å². The van der Waals surface area contributed by atoms with Crippen molar-refractivity contribution in [3.05, 3.63) is 11.9 Å². The standard InChI is InChI=1S/C15H27N5/c1-4-12-8-6-5-7-9-20(12)15-13(11(2)3)14(19-16)17-10-18-15/h10-12H,4-9,16H2,1-3H3,(H,17,18,19). The van der Waals surface area contributed by atoms with Crippen LogP contribution in [0.3, 0.4) is 0 Å². The number of hydrogen-bond donors (Lipinski definition) is 2. The molecule has 0 spiro atoms. The number of aromatic nitrogens is 2. The van der Waals surface area contributed by atoms with Crippen molar-refractivity contribution in [2.45, 2.75) is 64.8 Å². The smallest absolute Gasteiger partial charge is 0.148 e. The van der Waals surface area contributed by atoms with Crippen molar-refractivity contribution in [1.29, 1.82) is 0 Å². The van der Waals surface area contributed by atoms with Gasteiger partial charge in [-0.3, -0.25) is 0 Å². The molecule has 0 saturated carbocycles. The summed E-state index contributed by atoms with van der Waals surface area (Å²) in [5.74, 6) is 7.79. The molecule has 0 aromatic carbocycles. The van der Waals surface area contributed by atoms with E-state index in [1.54, 1.807) is 6.33 Å². The topological polar surface area (TPSA) is 67.1 Å². The van der Waals surface area contributed by atoms with Crippen molar-refractivity contribution < 1.29 is 0 Å². The summed E-state index contributed by atoms with van der Waals surface area (Å²) in [6.07, 6.45) is 7.91. The van der Waals surface area contributed by atoms with Gasteiger partial charge in [-0.1, -0.05) is 33.6 Å². The van der Waals surface area contributed by atoms with Crippen LogP contribution in [0, 0.1) is 0 Å². The van der Waals surface area contributed by atoms with Gasteiger partial charge in [-0.25, -0.2) is 15.8 Å². The Labute approximate surface area is 121 Å². The molecule has 3 N–H and O–H groups in total. The number of anilines is 2. The van der Waals surface area contributed by atoms with Crippen molar-refractivity contribution in [3.63, 3.8) is 0 Å². The number of nitrogens with one attached hydrogen (secondary N) is 1. The molecule has 1 aliphatic heterocycles. The fraction of sp³-hybridized carbons (Fsp3) is 0.733. The van der Waals surface area contributed by atoms with E-state index in [9.17, 15) is 0 Å². The van der Waals surface area contributed by atoms with Crippen molar-refractivity contribution in [2.24, 2.45) is 5.84 Å². The van der Waals surface area contributed by atoms with Crippen LogP contribution in [0.1, 0.15) is 64.4 Å². The summed E-state index contributed by atoms with van der Waals surface area (Å²) in [7, 11) is 0. The predicted octanol–water partition coefficient (Wildman–Crippen LogP) is 3.04. The van der Waals surface area contributed by atoms with E-state index in [0.717, 1.165) is 30.2 Å². The minimum Gasteiger partial charge on any atom is -0.353 e. The van der Waals surface area contributed by atoms with Crippen LogP contribution in [-0.4, -0.2) is 22.6 Å². The minimum absolute atomic E-state index is 0.345. The van der Waals surface area contributed by atoms with E-state index in [0.29, 0.717) is 12.0 Å². The Morgan fingerprint density at radius 2 is 2.15 bits per heavy atom. The summed E-state index contributed by atoms with van der Waals surface area (Å²) in [4.78, 5) is 11.3. The molecule has 1 aromatic heterocycles. The number of nitrogens with zero attached hydrogens (tertiary/aromatic N) is 3. The normalized spacial score (nSPS) is 20.1. The van der Waals surface area contributed by atoms with Crippen molar-refractivity contribution in [2.75, 3.05) is 16.9 Å². The van der Waals surface area contributed by atoms with Crippen molar-refractivity contribution >= 4 is 11.6 Å². The van der Waals surface area contributed by atoms with Crippen LogP contribution < -0.4 is 16.2 Å². The summed E-state index contributed by atoms with van der Waals surface area (Å²) < 4.78 is 0. The Kier molecular flexibility index (Phi) is 5.17. The van der Waals surface area contributed by atoms with Gasteiger partial charge >= 0.3 is 0 Å². The molecule has 1 atom stereocenters. The predicted molar refractivity (Wildman–Crippen MR) is 83.8 cm³/mol. The Balaban J connectivity index is 2.43. The zero-order valence-electron chi connectivity index (χ0n) is 12.9. The molecule has 112 valence electrons.